The highest BCUT2D eigenvalue weighted by molar-refractivity contribution is 9.10. The van der Waals surface area contributed by atoms with Gasteiger partial charge in [-0.3, -0.25) is 10.1 Å². The van der Waals surface area contributed by atoms with Crippen molar-refractivity contribution in [3.8, 4) is 0 Å². The molecular formula is C10H13BrN4O2. The van der Waals surface area contributed by atoms with Crippen molar-refractivity contribution in [3.63, 3.8) is 0 Å². The van der Waals surface area contributed by atoms with Gasteiger partial charge in [-0.2, -0.15) is 0 Å². The molecule has 92 valence electrons. The molecule has 0 atom stereocenters. The van der Waals surface area contributed by atoms with Crippen molar-refractivity contribution in [2.75, 3.05) is 24.5 Å². The molecule has 17 heavy (non-hydrogen) atoms. The number of nitrogens with one attached hydrogen (secondary N) is 1. The first-order valence-corrected chi connectivity index (χ1v) is 6.20. The van der Waals surface area contributed by atoms with Crippen LogP contribution in [-0.4, -0.2) is 35.6 Å². The van der Waals surface area contributed by atoms with Crippen molar-refractivity contribution >= 4 is 27.4 Å². The third kappa shape index (κ3) is 2.39. The smallest absolute Gasteiger partial charge is 0.312 e. The molecule has 1 aromatic heterocycles. The van der Waals surface area contributed by atoms with Crippen LogP contribution >= 0.6 is 15.9 Å². The Morgan fingerprint density at radius 2 is 2.41 bits per heavy atom. The van der Waals surface area contributed by atoms with Gasteiger partial charge in [0.15, 0.2) is 0 Å². The van der Waals surface area contributed by atoms with Gasteiger partial charge in [-0.15, -0.1) is 0 Å². The van der Waals surface area contributed by atoms with E-state index < -0.39 is 0 Å². The van der Waals surface area contributed by atoms with Crippen molar-refractivity contribution in [2.24, 2.45) is 0 Å². The number of hydrogen-bond acceptors (Lipinski definition) is 5. The summed E-state index contributed by atoms with van der Waals surface area (Å²) in [5.74, 6) is 0.451. The molecule has 0 spiro atoms. The molecule has 0 amide bonds. The molecular weight excluding hydrogens is 288 g/mol. The minimum Gasteiger partial charge on any atom is -0.346 e. The lowest BCUT2D eigenvalue weighted by atomic mass is 10.1. The number of likely N-dealkylation sites (N-methyl/N-ethyl adjacent to an activating group) is 1. The highest BCUT2D eigenvalue weighted by atomic mass is 79.9. The van der Waals surface area contributed by atoms with Gasteiger partial charge in [0.2, 0.25) is 5.82 Å². The number of anilines is 1. The Morgan fingerprint density at radius 3 is 2.88 bits per heavy atom. The summed E-state index contributed by atoms with van der Waals surface area (Å²) in [5.41, 5.74) is 0.0492. The Balaban J connectivity index is 2.38. The number of halogens is 1. The summed E-state index contributed by atoms with van der Waals surface area (Å²) >= 11 is 3.21. The summed E-state index contributed by atoms with van der Waals surface area (Å²) in [6.07, 6.45) is 1.59. The van der Waals surface area contributed by atoms with E-state index in [-0.39, 0.29) is 10.6 Å². The first-order chi connectivity index (χ1) is 8.13. The summed E-state index contributed by atoms with van der Waals surface area (Å²) in [5, 5.41) is 14.2. The van der Waals surface area contributed by atoms with E-state index in [0.29, 0.717) is 22.9 Å². The molecule has 1 N–H and O–H groups in total. The molecule has 6 nitrogen and oxygen atoms in total. The van der Waals surface area contributed by atoms with E-state index in [2.05, 4.69) is 26.2 Å². The molecule has 0 aromatic carbocycles. The van der Waals surface area contributed by atoms with Crippen molar-refractivity contribution in [1.29, 1.82) is 0 Å². The van der Waals surface area contributed by atoms with Crippen molar-refractivity contribution in [2.45, 2.75) is 13.0 Å². The molecule has 1 aliphatic heterocycles. The zero-order valence-electron chi connectivity index (χ0n) is 9.39. The minimum atomic E-state index is -0.387. The van der Waals surface area contributed by atoms with Gasteiger partial charge in [0.25, 0.3) is 0 Å². The molecule has 1 aliphatic rings. The minimum absolute atomic E-state index is 0.0492. The number of aromatic nitrogens is 1. The van der Waals surface area contributed by atoms with Gasteiger partial charge in [-0.25, -0.2) is 4.98 Å². The van der Waals surface area contributed by atoms with E-state index >= 15 is 0 Å². The Morgan fingerprint density at radius 1 is 1.71 bits per heavy atom. The second-order valence-electron chi connectivity index (χ2n) is 3.85. The molecule has 2 rings (SSSR count). The van der Waals surface area contributed by atoms with Crippen molar-refractivity contribution in [1.82, 2.24) is 10.3 Å². The van der Waals surface area contributed by atoms with Crippen LogP contribution in [-0.2, 0) is 0 Å². The van der Waals surface area contributed by atoms with Crippen molar-refractivity contribution in [3.05, 3.63) is 26.9 Å². The van der Waals surface area contributed by atoms with Crippen LogP contribution in [0.1, 0.15) is 6.92 Å². The zero-order chi connectivity index (χ0) is 12.4. The molecule has 0 radical (unpaired) electrons. The van der Waals surface area contributed by atoms with Gasteiger partial charge in [0, 0.05) is 36.4 Å². The number of nitro groups is 1. The van der Waals surface area contributed by atoms with E-state index in [1.165, 1.54) is 6.07 Å². The largest absolute Gasteiger partial charge is 0.346 e. The van der Waals surface area contributed by atoms with E-state index in [0.717, 1.165) is 13.1 Å². The lowest BCUT2D eigenvalue weighted by Crippen LogP contribution is -2.57. The average molecular weight is 301 g/mol. The van der Waals surface area contributed by atoms with Crippen LogP contribution in [0.5, 0.6) is 0 Å². The summed E-state index contributed by atoms with van der Waals surface area (Å²) < 4.78 is 0.621. The number of nitrogens with zero attached hydrogens (tertiary/aromatic N) is 3. The summed E-state index contributed by atoms with van der Waals surface area (Å²) in [6, 6.07) is 1.80. The maximum atomic E-state index is 11.0. The van der Waals surface area contributed by atoms with E-state index in [1.807, 2.05) is 11.8 Å². The predicted octanol–water partition coefficient (Wildman–Crippen LogP) is 1.55. The molecule has 0 unspecified atom stereocenters. The van der Waals surface area contributed by atoms with E-state index in [9.17, 15) is 10.1 Å². The highest BCUT2D eigenvalue weighted by Crippen LogP contribution is 2.30. The fraction of sp³-hybridized carbons (Fsp3) is 0.500. The Kier molecular flexibility index (Phi) is 3.58. The molecule has 7 heteroatoms. The molecule has 0 bridgehead atoms. The third-order valence-electron chi connectivity index (χ3n) is 2.82. The number of rotatable bonds is 4. The van der Waals surface area contributed by atoms with Gasteiger partial charge in [0.05, 0.1) is 11.0 Å². The predicted molar refractivity (Wildman–Crippen MR) is 68.3 cm³/mol. The number of hydrogen-bond donors (Lipinski definition) is 1. The lowest BCUT2D eigenvalue weighted by molar-refractivity contribution is -0.384. The average Bonchev–Trinajstić information content (AvgIpc) is 2.23. The SMILES string of the molecule is CCN(c1ncc(Br)cc1[N+](=O)[O-])C1CNC1. The topological polar surface area (TPSA) is 71.3 Å². The second-order valence-corrected chi connectivity index (χ2v) is 4.77. The van der Waals surface area contributed by atoms with E-state index in [1.54, 1.807) is 6.20 Å². The summed E-state index contributed by atoms with van der Waals surface area (Å²) in [7, 11) is 0. The monoisotopic (exact) mass is 300 g/mol. The van der Waals surface area contributed by atoms with Gasteiger partial charge in [-0.05, 0) is 22.9 Å². The summed E-state index contributed by atoms with van der Waals surface area (Å²) in [4.78, 5) is 16.8. The zero-order valence-corrected chi connectivity index (χ0v) is 11.0. The van der Waals surface area contributed by atoms with Crippen LogP contribution in [0.2, 0.25) is 0 Å². The molecule has 2 heterocycles. The van der Waals surface area contributed by atoms with E-state index in [4.69, 9.17) is 0 Å². The lowest BCUT2D eigenvalue weighted by Gasteiger charge is -2.38. The fourth-order valence-electron chi connectivity index (χ4n) is 1.85. The standard InChI is InChI=1S/C10H13BrN4O2/c1-2-14(8-5-12-6-8)10-9(15(16)17)3-7(11)4-13-10/h3-4,8,12H,2,5-6H2,1H3. The normalized spacial score (nSPS) is 15.4. The van der Waals surface area contributed by atoms with Crippen LogP contribution in [0.25, 0.3) is 0 Å². The maximum absolute atomic E-state index is 11.0. The van der Waals surface area contributed by atoms with Crippen LogP contribution in [0.4, 0.5) is 11.5 Å². The molecule has 1 fully saturated rings. The van der Waals surface area contributed by atoms with Gasteiger partial charge >= 0.3 is 5.69 Å². The van der Waals surface area contributed by atoms with Crippen LogP contribution < -0.4 is 10.2 Å². The third-order valence-corrected chi connectivity index (χ3v) is 3.26. The molecule has 0 aliphatic carbocycles. The van der Waals surface area contributed by atoms with Crippen LogP contribution in [0, 0.1) is 10.1 Å². The molecule has 1 aromatic rings. The first-order valence-electron chi connectivity index (χ1n) is 5.40. The Bertz CT molecular complexity index is 436. The van der Waals surface area contributed by atoms with Gasteiger partial charge in [-0.1, -0.05) is 0 Å². The fourth-order valence-corrected chi connectivity index (χ4v) is 2.17. The quantitative estimate of drug-likeness (QED) is 0.675. The Labute approximate surface area is 107 Å². The molecule has 0 saturated carbocycles. The van der Waals surface area contributed by atoms with Gasteiger partial charge < -0.3 is 10.2 Å². The van der Waals surface area contributed by atoms with Crippen molar-refractivity contribution < 1.29 is 4.92 Å². The second kappa shape index (κ2) is 4.97. The van der Waals surface area contributed by atoms with Crippen LogP contribution in [0.3, 0.4) is 0 Å². The van der Waals surface area contributed by atoms with Gasteiger partial charge in [0.1, 0.15) is 0 Å². The number of pyridine rings is 1. The summed E-state index contributed by atoms with van der Waals surface area (Å²) in [6.45, 7) is 4.39. The maximum Gasteiger partial charge on any atom is 0.312 e. The van der Waals surface area contributed by atoms with Crippen LogP contribution in [0.15, 0.2) is 16.7 Å². The Hall–Kier alpha value is -1.21. The first kappa shape index (κ1) is 12.3. The highest BCUT2D eigenvalue weighted by Gasteiger charge is 2.29. The molecule has 1 saturated heterocycles.